The van der Waals surface area contributed by atoms with Gasteiger partial charge < -0.3 is 16.2 Å². The van der Waals surface area contributed by atoms with Gasteiger partial charge in [-0.25, -0.2) is 4.98 Å². The topological polar surface area (TPSA) is 87.0 Å². The van der Waals surface area contributed by atoms with E-state index >= 15 is 0 Å². The fourth-order valence-electron chi connectivity index (χ4n) is 1.22. The van der Waals surface area contributed by atoms with Gasteiger partial charge in [0.15, 0.2) is 0 Å². The highest BCUT2D eigenvalue weighted by atomic mass is 32.1. The van der Waals surface area contributed by atoms with Gasteiger partial charge in [-0.1, -0.05) is 0 Å². The Morgan fingerprint density at radius 2 is 2.29 bits per heavy atom. The van der Waals surface area contributed by atoms with Crippen LogP contribution in [0, 0.1) is 0 Å². The first-order chi connectivity index (χ1) is 6.74. The van der Waals surface area contributed by atoms with Crippen molar-refractivity contribution in [1.29, 1.82) is 0 Å². The third kappa shape index (κ3) is 1.38. The number of nitrogen functional groups attached to an aromatic ring is 1. The van der Waals surface area contributed by atoms with Crippen molar-refractivity contribution in [3.63, 3.8) is 0 Å². The molecule has 0 spiro atoms. The van der Waals surface area contributed by atoms with Gasteiger partial charge in [-0.15, -0.1) is 11.3 Å². The second-order valence-electron chi connectivity index (χ2n) is 2.73. The third-order valence-electron chi connectivity index (χ3n) is 1.82. The molecule has 5 nitrogen and oxygen atoms in total. The summed E-state index contributed by atoms with van der Waals surface area (Å²) in [6.07, 6.45) is 0. The number of ether oxygens (including phenoxy) is 1. The lowest BCUT2D eigenvalue weighted by molar-refractivity contribution is 0.403. The van der Waals surface area contributed by atoms with Crippen LogP contribution in [-0.2, 0) is 6.54 Å². The van der Waals surface area contributed by atoms with E-state index in [9.17, 15) is 0 Å². The Hall–Kier alpha value is -1.40. The number of nitrogens with two attached hydrogens (primary N) is 2. The molecule has 0 atom stereocenters. The van der Waals surface area contributed by atoms with Gasteiger partial charge in [0.05, 0.1) is 12.5 Å². The molecule has 4 N–H and O–H groups in total. The van der Waals surface area contributed by atoms with Crippen LogP contribution in [0.4, 0.5) is 5.95 Å². The van der Waals surface area contributed by atoms with Gasteiger partial charge in [0.25, 0.3) is 0 Å². The number of nitrogens with zero attached hydrogens (tertiary/aromatic N) is 2. The molecule has 0 saturated carbocycles. The Kier molecular flexibility index (Phi) is 2.22. The van der Waals surface area contributed by atoms with Crippen LogP contribution in [-0.4, -0.2) is 17.1 Å². The zero-order valence-corrected chi connectivity index (χ0v) is 8.47. The van der Waals surface area contributed by atoms with Crippen LogP contribution in [0.15, 0.2) is 6.07 Å². The van der Waals surface area contributed by atoms with Crippen LogP contribution in [0.2, 0.25) is 0 Å². The first-order valence-electron chi connectivity index (χ1n) is 4.04. The van der Waals surface area contributed by atoms with Crippen molar-refractivity contribution in [2.45, 2.75) is 6.54 Å². The van der Waals surface area contributed by atoms with Crippen molar-refractivity contribution in [2.75, 3.05) is 12.8 Å². The zero-order valence-electron chi connectivity index (χ0n) is 7.65. The van der Waals surface area contributed by atoms with E-state index in [0.29, 0.717) is 12.4 Å². The second-order valence-corrected chi connectivity index (χ2v) is 3.84. The Labute approximate surface area is 84.7 Å². The van der Waals surface area contributed by atoms with Crippen LogP contribution in [0.5, 0.6) is 5.88 Å². The summed E-state index contributed by atoms with van der Waals surface area (Å²) in [5.41, 5.74) is 11.1. The summed E-state index contributed by atoms with van der Waals surface area (Å²) >= 11 is 1.50. The highest BCUT2D eigenvalue weighted by Crippen LogP contribution is 2.30. The summed E-state index contributed by atoms with van der Waals surface area (Å²) in [6.45, 7) is 0.490. The number of hydrogen-bond acceptors (Lipinski definition) is 6. The standard InChI is InChI=1S/C8H10N4OS/c1-13-6-5-2-4(3-9)14-7(5)12-8(10)11-6/h2H,3,9H2,1H3,(H2,10,11,12). The molecule has 6 heteroatoms. The average Bonchev–Trinajstić information content (AvgIpc) is 2.59. The smallest absolute Gasteiger partial charge is 0.226 e. The fraction of sp³-hybridized carbons (Fsp3) is 0.250. The van der Waals surface area contributed by atoms with Gasteiger partial charge >= 0.3 is 0 Å². The molecule has 0 unspecified atom stereocenters. The summed E-state index contributed by atoms with van der Waals surface area (Å²) in [5, 5.41) is 0.868. The molecule has 0 aliphatic rings. The number of thiophene rings is 1. The largest absolute Gasteiger partial charge is 0.480 e. The molecule has 0 radical (unpaired) electrons. The minimum absolute atomic E-state index is 0.222. The van der Waals surface area contributed by atoms with Gasteiger partial charge in [-0.05, 0) is 6.07 Å². The highest BCUT2D eigenvalue weighted by molar-refractivity contribution is 7.18. The second kappa shape index (κ2) is 3.39. The summed E-state index contributed by atoms with van der Waals surface area (Å²) in [5.74, 6) is 0.725. The van der Waals surface area contributed by atoms with E-state index in [0.717, 1.165) is 15.1 Å². The van der Waals surface area contributed by atoms with Gasteiger partial charge in [0.2, 0.25) is 11.8 Å². The van der Waals surface area contributed by atoms with Crippen molar-refractivity contribution in [3.05, 3.63) is 10.9 Å². The lowest BCUT2D eigenvalue weighted by Gasteiger charge is -1.99. The molecular formula is C8H10N4OS. The molecule has 14 heavy (non-hydrogen) atoms. The highest BCUT2D eigenvalue weighted by Gasteiger charge is 2.09. The van der Waals surface area contributed by atoms with Gasteiger partial charge in [0, 0.05) is 11.4 Å². The Balaban J connectivity index is 2.71. The summed E-state index contributed by atoms with van der Waals surface area (Å²) < 4.78 is 5.10. The number of aromatic nitrogens is 2. The van der Waals surface area contributed by atoms with Crippen molar-refractivity contribution in [3.8, 4) is 5.88 Å². The van der Waals surface area contributed by atoms with Crippen molar-refractivity contribution in [1.82, 2.24) is 9.97 Å². The maximum absolute atomic E-state index is 5.53. The van der Waals surface area contributed by atoms with Crippen LogP contribution in [0.3, 0.4) is 0 Å². The summed E-state index contributed by atoms with van der Waals surface area (Å²) in [7, 11) is 1.56. The van der Waals surface area contributed by atoms with E-state index in [1.807, 2.05) is 6.07 Å². The van der Waals surface area contributed by atoms with Crippen LogP contribution in [0.1, 0.15) is 4.88 Å². The number of fused-ring (bicyclic) bond motifs is 1. The normalized spacial score (nSPS) is 10.7. The number of anilines is 1. The van der Waals surface area contributed by atoms with Crippen LogP contribution < -0.4 is 16.2 Å². The lowest BCUT2D eigenvalue weighted by atomic mass is 10.3. The van der Waals surface area contributed by atoms with E-state index in [-0.39, 0.29) is 5.95 Å². The molecule has 0 saturated heterocycles. The number of hydrogen-bond donors (Lipinski definition) is 2. The molecule has 0 aromatic carbocycles. The quantitative estimate of drug-likeness (QED) is 0.763. The Bertz CT molecular complexity index is 468. The van der Waals surface area contributed by atoms with E-state index in [4.69, 9.17) is 16.2 Å². The minimum Gasteiger partial charge on any atom is -0.480 e. The molecule has 2 aromatic heterocycles. The predicted molar refractivity (Wildman–Crippen MR) is 56.3 cm³/mol. The minimum atomic E-state index is 0.222. The molecule has 2 heterocycles. The fourth-order valence-corrected chi connectivity index (χ4v) is 2.12. The summed E-state index contributed by atoms with van der Waals surface area (Å²) in [6, 6.07) is 1.93. The molecule has 0 aliphatic heterocycles. The maximum atomic E-state index is 5.53. The molecular weight excluding hydrogens is 200 g/mol. The Morgan fingerprint density at radius 3 is 2.93 bits per heavy atom. The molecule has 0 amide bonds. The van der Waals surface area contributed by atoms with E-state index < -0.39 is 0 Å². The van der Waals surface area contributed by atoms with E-state index in [1.54, 1.807) is 7.11 Å². The third-order valence-corrected chi connectivity index (χ3v) is 2.87. The first kappa shape index (κ1) is 9.17. The summed E-state index contributed by atoms with van der Waals surface area (Å²) in [4.78, 5) is 9.93. The number of methoxy groups -OCH3 is 1. The van der Waals surface area contributed by atoms with E-state index in [1.165, 1.54) is 11.3 Å². The first-order valence-corrected chi connectivity index (χ1v) is 4.86. The van der Waals surface area contributed by atoms with Crippen LogP contribution >= 0.6 is 11.3 Å². The SMILES string of the molecule is COc1nc(N)nc2sc(CN)cc12. The molecule has 2 aromatic rings. The van der Waals surface area contributed by atoms with Gasteiger partial charge in [-0.3, -0.25) is 0 Å². The van der Waals surface area contributed by atoms with Gasteiger partial charge in [-0.2, -0.15) is 4.98 Å². The van der Waals surface area contributed by atoms with E-state index in [2.05, 4.69) is 9.97 Å². The monoisotopic (exact) mass is 210 g/mol. The lowest BCUT2D eigenvalue weighted by Crippen LogP contribution is -1.96. The zero-order chi connectivity index (χ0) is 10.1. The molecule has 2 rings (SSSR count). The molecule has 0 aliphatic carbocycles. The van der Waals surface area contributed by atoms with Gasteiger partial charge in [0.1, 0.15) is 4.83 Å². The van der Waals surface area contributed by atoms with Crippen molar-refractivity contribution >= 4 is 27.5 Å². The van der Waals surface area contributed by atoms with Crippen LogP contribution in [0.25, 0.3) is 10.2 Å². The van der Waals surface area contributed by atoms with Crippen molar-refractivity contribution in [2.24, 2.45) is 5.73 Å². The van der Waals surface area contributed by atoms with Crippen molar-refractivity contribution < 1.29 is 4.74 Å². The molecule has 74 valence electrons. The predicted octanol–water partition coefficient (Wildman–Crippen LogP) is 0.741. The average molecular weight is 210 g/mol. The maximum Gasteiger partial charge on any atom is 0.226 e. The molecule has 0 bridgehead atoms. The number of rotatable bonds is 2. The molecule has 0 fully saturated rings. The Morgan fingerprint density at radius 1 is 1.50 bits per heavy atom.